The third kappa shape index (κ3) is 47.7. The van der Waals surface area contributed by atoms with Gasteiger partial charge in [-0.05, 0) is 96.3 Å². The number of rotatable bonds is 39. The molecule has 63 heavy (non-hydrogen) atoms. The molecule has 0 aromatic rings. The molecule has 0 heterocycles. The standard InChI is InChI=1S/C57H82O6/c1-4-7-10-13-16-19-22-25-27-28-30-32-35-38-41-44-47-50-56(59)62-53-54(52-61-55(58)49-46-43-40-37-34-31-24-21-18-15-12-9-6-3)63-57(60)51-48-45-42-39-36-33-29-26-23-20-17-14-11-8-5-2/h7-12,14-21,23-27,29-34,36,38,41,54H,4-6,13,22,28,35,37,39-40,42-53H2,1-3H3/b10-7-,11-8-,12-9-,17-14-,18-15-,19-16-,23-20-,24-21-,27-25-,29-26-,32-30-,34-31-,36-33-,41-38-. The minimum Gasteiger partial charge on any atom is -0.462 e. The first-order valence-electron chi connectivity index (χ1n) is 23.8. The molecule has 0 fully saturated rings. The third-order valence-corrected chi connectivity index (χ3v) is 8.92. The SMILES string of the molecule is CC\C=C/C=C\C=C/C=C\C=C/CCCCCC(=O)OC(COC(=O)CCC/C=C\C/C=C\C/C=C\C/C=C\C/C=C\CC)COC(=O)CCCCC\C=C/C=C\C=C/C=C\CC. The Morgan fingerprint density at radius 2 is 0.667 bits per heavy atom. The molecular formula is C57H82O6. The lowest BCUT2D eigenvalue weighted by Crippen LogP contribution is -2.30. The van der Waals surface area contributed by atoms with E-state index < -0.39 is 6.10 Å². The van der Waals surface area contributed by atoms with Crippen molar-refractivity contribution in [3.8, 4) is 0 Å². The van der Waals surface area contributed by atoms with Gasteiger partial charge in [0.1, 0.15) is 13.2 Å². The molecule has 1 atom stereocenters. The highest BCUT2D eigenvalue weighted by atomic mass is 16.6. The molecular weight excluding hydrogens is 781 g/mol. The van der Waals surface area contributed by atoms with E-state index in [2.05, 4.69) is 106 Å². The molecule has 0 spiro atoms. The first-order chi connectivity index (χ1) is 31.0. The monoisotopic (exact) mass is 863 g/mol. The Balaban J connectivity index is 4.67. The molecule has 1 unspecified atom stereocenters. The Morgan fingerprint density at radius 1 is 0.333 bits per heavy atom. The van der Waals surface area contributed by atoms with Crippen molar-refractivity contribution in [2.75, 3.05) is 13.2 Å². The molecule has 0 N–H and O–H groups in total. The summed E-state index contributed by atoms with van der Waals surface area (Å²) in [6, 6.07) is 0. The van der Waals surface area contributed by atoms with Crippen molar-refractivity contribution in [3.05, 3.63) is 170 Å². The second-order valence-electron chi connectivity index (χ2n) is 14.7. The fourth-order valence-corrected chi connectivity index (χ4v) is 5.45. The zero-order chi connectivity index (χ0) is 45.8. The van der Waals surface area contributed by atoms with Crippen molar-refractivity contribution in [1.29, 1.82) is 0 Å². The van der Waals surface area contributed by atoms with E-state index in [1.807, 2.05) is 85.1 Å². The summed E-state index contributed by atoms with van der Waals surface area (Å²) in [7, 11) is 0. The van der Waals surface area contributed by atoms with Gasteiger partial charge in [0.15, 0.2) is 6.10 Å². The Labute approximate surface area is 383 Å². The predicted molar refractivity (Wildman–Crippen MR) is 269 cm³/mol. The van der Waals surface area contributed by atoms with Gasteiger partial charge in [0.25, 0.3) is 0 Å². The van der Waals surface area contributed by atoms with Crippen LogP contribution in [0.25, 0.3) is 0 Å². The summed E-state index contributed by atoms with van der Waals surface area (Å²) in [5, 5.41) is 0. The normalized spacial score (nSPS) is 13.6. The maximum absolute atomic E-state index is 12.8. The molecule has 6 nitrogen and oxygen atoms in total. The Hall–Kier alpha value is -5.23. The largest absolute Gasteiger partial charge is 0.462 e. The molecule has 6 heteroatoms. The number of unbranched alkanes of at least 4 members (excludes halogenated alkanes) is 7. The molecule has 0 aliphatic rings. The van der Waals surface area contributed by atoms with Crippen LogP contribution in [0.5, 0.6) is 0 Å². The second-order valence-corrected chi connectivity index (χ2v) is 14.7. The van der Waals surface area contributed by atoms with Crippen LogP contribution in [-0.4, -0.2) is 37.2 Å². The average molecular weight is 863 g/mol. The highest BCUT2D eigenvalue weighted by Gasteiger charge is 2.19. The van der Waals surface area contributed by atoms with E-state index in [1.165, 1.54) is 0 Å². The van der Waals surface area contributed by atoms with Gasteiger partial charge in [-0.25, -0.2) is 0 Å². The quantitative estimate of drug-likeness (QED) is 0.0201. The summed E-state index contributed by atoms with van der Waals surface area (Å²) in [4.78, 5) is 37.9. The van der Waals surface area contributed by atoms with E-state index in [9.17, 15) is 14.4 Å². The molecule has 0 aromatic carbocycles. The third-order valence-electron chi connectivity index (χ3n) is 8.92. The number of hydrogen-bond acceptors (Lipinski definition) is 6. The highest BCUT2D eigenvalue weighted by Crippen LogP contribution is 2.10. The molecule has 0 saturated heterocycles. The summed E-state index contributed by atoms with van der Waals surface area (Å²) >= 11 is 0. The smallest absolute Gasteiger partial charge is 0.306 e. The number of carbonyl (C=O) groups is 3. The first kappa shape index (κ1) is 57.8. The van der Waals surface area contributed by atoms with Crippen LogP contribution < -0.4 is 0 Å². The molecule has 0 saturated carbocycles. The topological polar surface area (TPSA) is 78.9 Å². The van der Waals surface area contributed by atoms with Gasteiger partial charge in [0.05, 0.1) is 0 Å². The van der Waals surface area contributed by atoms with E-state index in [0.29, 0.717) is 19.3 Å². The molecule has 0 aliphatic heterocycles. The van der Waals surface area contributed by atoms with Crippen LogP contribution in [0.2, 0.25) is 0 Å². The molecule has 0 amide bonds. The lowest BCUT2D eigenvalue weighted by Gasteiger charge is -2.18. The maximum Gasteiger partial charge on any atom is 0.306 e. The molecule has 0 radical (unpaired) electrons. The fourth-order valence-electron chi connectivity index (χ4n) is 5.45. The maximum atomic E-state index is 12.8. The van der Waals surface area contributed by atoms with Gasteiger partial charge >= 0.3 is 17.9 Å². The van der Waals surface area contributed by atoms with Crippen LogP contribution in [0.1, 0.15) is 149 Å². The number of hydrogen-bond donors (Lipinski definition) is 0. The number of esters is 3. The molecule has 0 bridgehead atoms. The van der Waals surface area contributed by atoms with Gasteiger partial charge in [0.2, 0.25) is 0 Å². The van der Waals surface area contributed by atoms with Gasteiger partial charge in [-0.15, -0.1) is 0 Å². The van der Waals surface area contributed by atoms with E-state index in [1.54, 1.807) is 0 Å². The zero-order valence-corrected chi connectivity index (χ0v) is 39.2. The lowest BCUT2D eigenvalue weighted by atomic mass is 10.1. The number of allylic oxidation sites excluding steroid dienone is 28. The summed E-state index contributed by atoms with van der Waals surface area (Å²) in [6.45, 7) is 6.07. The van der Waals surface area contributed by atoms with Gasteiger partial charge in [-0.3, -0.25) is 14.4 Å². The molecule has 0 rings (SSSR count). The van der Waals surface area contributed by atoms with Crippen LogP contribution in [0.3, 0.4) is 0 Å². The van der Waals surface area contributed by atoms with Crippen LogP contribution in [0.15, 0.2) is 170 Å². The Bertz CT molecular complexity index is 1550. The van der Waals surface area contributed by atoms with Crippen molar-refractivity contribution in [2.24, 2.45) is 0 Å². The fraction of sp³-hybridized carbons (Fsp3) is 0.456. The van der Waals surface area contributed by atoms with Gasteiger partial charge in [-0.2, -0.15) is 0 Å². The van der Waals surface area contributed by atoms with Crippen molar-refractivity contribution < 1.29 is 28.6 Å². The van der Waals surface area contributed by atoms with Gasteiger partial charge in [0, 0.05) is 19.3 Å². The van der Waals surface area contributed by atoms with Crippen LogP contribution >= 0.6 is 0 Å². The summed E-state index contributed by atoms with van der Waals surface area (Å²) in [5.41, 5.74) is 0. The Kier molecular flexibility index (Phi) is 45.3. The van der Waals surface area contributed by atoms with Crippen molar-refractivity contribution in [1.82, 2.24) is 0 Å². The van der Waals surface area contributed by atoms with E-state index >= 15 is 0 Å². The van der Waals surface area contributed by atoms with E-state index in [0.717, 1.165) is 89.9 Å². The number of carbonyl (C=O) groups excluding carboxylic acids is 3. The number of ether oxygens (including phenoxy) is 3. The summed E-state index contributed by atoms with van der Waals surface area (Å²) in [6.07, 6.45) is 73.4. The summed E-state index contributed by atoms with van der Waals surface area (Å²) < 4.78 is 16.6. The Morgan fingerprint density at radius 3 is 1.10 bits per heavy atom. The zero-order valence-electron chi connectivity index (χ0n) is 39.2. The highest BCUT2D eigenvalue weighted by molar-refractivity contribution is 5.71. The second kappa shape index (κ2) is 49.4. The van der Waals surface area contributed by atoms with Crippen LogP contribution in [0, 0.1) is 0 Å². The van der Waals surface area contributed by atoms with Crippen LogP contribution in [-0.2, 0) is 28.6 Å². The lowest BCUT2D eigenvalue weighted by molar-refractivity contribution is -0.167. The minimum atomic E-state index is -0.848. The van der Waals surface area contributed by atoms with Crippen LogP contribution in [0.4, 0.5) is 0 Å². The van der Waals surface area contributed by atoms with Crippen molar-refractivity contribution in [2.45, 2.75) is 155 Å². The van der Waals surface area contributed by atoms with Crippen molar-refractivity contribution in [3.63, 3.8) is 0 Å². The molecule has 346 valence electrons. The summed E-state index contributed by atoms with van der Waals surface area (Å²) in [5.74, 6) is -1.10. The molecule has 0 aliphatic carbocycles. The van der Waals surface area contributed by atoms with E-state index in [4.69, 9.17) is 14.2 Å². The van der Waals surface area contributed by atoms with Crippen molar-refractivity contribution >= 4 is 17.9 Å². The first-order valence-corrected chi connectivity index (χ1v) is 23.8. The minimum absolute atomic E-state index is 0.144. The van der Waals surface area contributed by atoms with Gasteiger partial charge in [-0.1, -0.05) is 204 Å². The average Bonchev–Trinajstić information content (AvgIpc) is 3.28. The van der Waals surface area contributed by atoms with Gasteiger partial charge < -0.3 is 14.2 Å². The predicted octanol–water partition coefficient (Wildman–Crippen LogP) is 15.6. The molecule has 0 aromatic heterocycles. The van der Waals surface area contributed by atoms with E-state index in [-0.39, 0.29) is 50.4 Å².